The average molecular weight is 342 g/mol. The van der Waals surface area contributed by atoms with Gasteiger partial charge >= 0.3 is 6.80 Å². The molecular weight excluding hydrogens is 311 g/mol. The lowest BCUT2D eigenvalue weighted by atomic mass is 10.1. The lowest BCUT2D eigenvalue weighted by molar-refractivity contribution is 0.113. The van der Waals surface area contributed by atoms with Crippen molar-refractivity contribution in [1.29, 1.82) is 0 Å². The maximum absolute atomic E-state index is 12.5. The summed E-state index contributed by atoms with van der Waals surface area (Å²) in [5.41, 5.74) is 0. The van der Waals surface area contributed by atoms with Crippen molar-refractivity contribution in [2.75, 3.05) is 46.4 Å². The fourth-order valence-corrected chi connectivity index (χ4v) is 4.96. The molecule has 0 N–H and O–H groups in total. The highest BCUT2D eigenvalue weighted by Crippen LogP contribution is 2.60. The quantitative estimate of drug-likeness (QED) is 0.304. The van der Waals surface area contributed by atoms with Gasteiger partial charge in [-0.05, 0) is 17.8 Å². The van der Waals surface area contributed by atoms with E-state index in [-0.39, 0.29) is 13.2 Å². The van der Waals surface area contributed by atoms with E-state index >= 15 is 0 Å². The predicted molar refractivity (Wildman–Crippen MR) is 89.1 cm³/mol. The topological polar surface area (TPSA) is 54.0 Å². The first-order chi connectivity index (χ1) is 10.2. The van der Waals surface area contributed by atoms with Crippen molar-refractivity contribution < 1.29 is 23.1 Å². The van der Waals surface area contributed by atoms with E-state index in [1.165, 1.54) is 43.5 Å². The van der Waals surface area contributed by atoms with Crippen molar-refractivity contribution >= 4 is 18.2 Å². The SMILES string of the molecule is CCCCCCCCSP(=O)(OCCOC)OCCOC. The second-order valence-corrected chi connectivity index (χ2v) is 8.89. The molecule has 0 atom stereocenters. The van der Waals surface area contributed by atoms with Gasteiger partial charge in [0.1, 0.15) is 0 Å². The highest BCUT2D eigenvalue weighted by molar-refractivity contribution is 8.55. The zero-order valence-corrected chi connectivity index (χ0v) is 15.4. The second kappa shape index (κ2) is 15.3. The monoisotopic (exact) mass is 342 g/mol. The molecule has 0 amide bonds. The Morgan fingerprint density at radius 3 is 1.86 bits per heavy atom. The maximum Gasteiger partial charge on any atom is 0.389 e. The first kappa shape index (κ1) is 21.4. The summed E-state index contributed by atoms with van der Waals surface area (Å²) in [5, 5.41) is 0. The van der Waals surface area contributed by atoms with Gasteiger partial charge in [-0.1, -0.05) is 39.0 Å². The number of methoxy groups -OCH3 is 2. The van der Waals surface area contributed by atoms with E-state index in [2.05, 4.69) is 6.92 Å². The van der Waals surface area contributed by atoms with E-state index in [1.54, 1.807) is 14.2 Å². The van der Waals surface area contributed by atoms with Gasteiger partial charge in [-0.3, -0.25) is 9.05 Å². The van der Waals surface area contributed by atoms with Crippen LogP contribution in [0.2, 0.25) is 0 Å². The number of ether oxygens (including phenoxy) is 2. The molecule has 0 unspecified atom stereocenters. The van der Waals surface area contributed by atoms with E-state index in [9.17, 15) is 4.57 Å². The van der Waals surface area contributed by atoms with E-state index in [4.69, 9.17) is 18.5 Å². The summed E-state index contributed by atoms with van der Waals surface area (Å²) >= 11 is 1.29. The van der Waals surface area contributed by atoms with Crippen molar-refractivity contribution in [1.82, 2.24) is 0 Å². The number of unbranched alkanes of at least 4 members (excludes halogenated alkanes) is 5. The number of hydrogen-bond acceptors (Lipinski definition) is 6. The molecule has 0 rings (SSSR count). The second-order valence-electron chi connectivity index (χ2n) is 4.70. The maximum atomic E-state index is 12.5. The summed E-state index contributed by atoms with van der Waals surface area (Å²) in [7, 11) is 3.17. The first-order valence-corrected chi connectivity index (χ1v) is 10.8. The molecule has 0 aromatic heterocycles. The van der Waals surface area contributed by atoms with E-state index in [0.29, 0.717) is 13.2 Å². The molecule has 7 heteroatoms. The van der Waals surface area contributed by atoms with Gasteiger partial charge in [0.15, 0.2) is 0 Å². The van der Waals surface area contributed by atoms with Crippen molar-refractivity contribution in [3.63, 3.8) is 0 Å². The molecule has 0 aliphatic carbocycles. The third kappa shape index (κ3) is 13.8. The molecule has 0 bridgehead atoms. The Morgan fingerprint density at radius 1 is 0.810 bits per heavy atom. The molecule has 0 spiro atoms. The minimum absolute atomic E-state index is 0.282. The molecule has 0 aliphatic rings. The highest BCUT2D eigenvalue weighted by atomic mass is 32.7. The molecular formula is C14H31O5PS. The van der Waals surface area contributed by atoms with Crippen LogP contribution in [0.25, 0.3) is 0 Å². The van der Waals surface area contributed by atoms with Crippen LogP contribution in [0.3, 0.4) is 0 Å². The van der Waals surface area contributed by atoms with Crippen LogP contribution in [0.15, 0.2) is 0 Å². The smallest absolute Gasteiger partial charge is 0.382 e. The fraction of sp³-hybridized carbons (Fsp3) is 1.00. The molecule has 0 heterocycles. The molecule has 0 fully saturated rings. The van der Waals surface area contributed by atoms with Crippen LogP contribution >= 0.6 is 18.2 Å². The van der Waals surface area contributed by atoms with Gasteiger partial charge in [0.25, 0.3) is 0 Å². The van der Waals surface area contributed by atoms with Gasteiger partial charge < -0.3 is 9.47 Å². The number of rotatable bonds is 16. The third-order valence-electron chi connectivity index (χ3n) is 2.82. The summed E-state index contributed by atoms with van der Waals surface area (Å²) < 4.78 is 33.1. The zero-order chi connectivity index (χ0) is 15.8. The van der Waals surface area contributed by atoms with Crippen LogP contribution in [0.4, 0.5) is 0 Å². The van der Waals surface area contributed by atoms with E-state index in [0.717, 1.165) is 12.2 Å². The van der Waals surface area contributed by atoms with Crippen LogP contribution in [0.5, 0.6) is 0 Å². The van der Waals surface area contributed by atoms with Crippen molar-refractivity contribution in [3.8, 4) is 0 Å². The number of hydrogen-bond donors (Lipinski definition) is 0. The lowest BCUT2D eigenvalue weighted by Crippen LogP contribution is -2.05. The van der Waals surface area contributed by atoms with Crippen LogP contribution in [0, 0.1) is 0 Å². The molecule has 0 saturated carbocycles. The third-order valence-corrected chi connectivity index (χ3v) is 6.73. The first-order valence-electron chi connectivity index (χ1n) is 7.70. The Morgan fingerprint density at radius 2 is 1.33 bits per heavy atom. The normalized spacial score (nSPS) is 12.0. The lowest BCUT2D eigenvalue weighted by Gasteiger charge is -2.17. The standard InChI is InChI=1S/C14H31O5PS/c1-4-5-6-7-8-9-14-21-20(15,18-12-10-16-2)19-13-11-17-3/h4-14H2,1-3H3. The molecule has 128 valence electrons. The molecule has 0 aliphatic heterocycles. The predicted octanol–water partition coefficient (Wildman–Crippen LogP) is 4.51. The van der Waals surface area contributed by atoms with Crippen molar-refractivity contribution in [2.45, 2.75) is 45.4 Å². The average Bonchev–Trinajstić information content (AvgIpc) is 2.47. The summed E-state index contributed by atoms with van der Waals surface area (Å²) in [4.78, 5) is 0. The minimum Gasteiger partial charge on any atom is -0.382 e. The molecule has 0 aromatic rings. The van der Waals surface area contributed by atoms with E-state index in [1.807, 2.05) is 0 Å². The van der Waals surface area contributed by atoms with Crippen LogP contribution in [0.1, 0.15) is 45.4 Å². The van der Waals surface area contributed by atoms with Crippen molar-refractivity contribution in [2.24, 2.45) is 0 Å². The Kier molecular flexibility index (Phi) is 15.6. The molecule has 0 aromatic carbocycles. The van der Waals surface area contributed by atoms with E-state index < -0.39 is 6.80 Å². The van der Waals surface area contributed by atoms with Gasteiger partial charge in [-0.2, -0.15) is 0 Å². The Bertz CT molecular complexity index is 252. The molecule has 5 nitrogen and oxygen atoms in total. The minimum atomic E-state index is -3.08. The molecule has 0 saturated heterocycles. The van der Waals surface area contributed by atoms with Gasteiger partial charge in [0.05, 0.1) is 26.4 Å². The Labute approximate surface area is 133 Å². The zero-order valence-electron chi connectivity index (χ0n) is 13.7. The molecule has 0 radical (unpaired) electrons. The Balaban J connectivity index is 3.88. The van der Waals surface area contributed by atoms with Crippen LogP contribution < -0.4 is 0 Å². The van der Waals surface area contributed by atoms with Crippen LogP contribution in [-0.2, 0) is 23.1 Å². The van der Waals surface area contributed by atoms with Crippen LogP contribution in [-0.4, -0.2) is 46.4 Å². The largest absolute Gasteiger partial charge is 0.389 e. The van der Waals surface area contributed by atoms with Crippen molar-refractivity contribution in [3.05, 3.63) is 0 Å². The highest BCUT2D eigenvalue weighted by Gasteiger charge is 2.25. The summed E-state index contributed by atoms with van der Waals surface area (Å²) in [6.45, 7) is 0.514. The summed E-state index contributed by atoms with van der Waals surface area (Å²) in [6.07, 6.45) is 7.29. The van der Waals surface area contributed by atoms with Gasteiger partial charge in [-0.15, -0.1) is 0 Å². The summed E-state index contributed by atoms with van der Waals surface area (Å²) in [5.74, 6) is 0.795. The van der Waals surface area contributed by atoms with Gasteiger partial charge in [-0.25, -0.2) is 4.57 Å². The van der Waals surface area contributed by atoms with Gasteiger partial charge in [0, 0.05) is 20.0 Å². The van der Waals surface area contributed by atoms with Gasteiger partial charge in [0.2, 0.25) is 0 Å². The fourth-order valence-electron chi connectivity index (χ4n) is 1.64. The molecule has 21 heavy (non-hydrogen) atoms. The summed E-state index contributed by atoms with van der Waals surface area (Å²) in [6, 6.07) is 0. The Hall–Kier alpha value is 0.420.